The van der Waals surface area contributed by atoms with E-state index in [-0.39, 0.29) is 12.0 Å². The predicted octanol–water partition coefficient (Wildman–Crippen LogP) is 2.49. The zero-order valence-electron chi connectivity index (χ0n) is 16.6. The highest BCUT2D eigenvalue weighted by atomic mass is 16.5. The molecule has 0 aliphatic carbocycles. The van der Waals surface area contributed by atoms with E-state index in [0.29, 0.717) is 47.6 Å². The van der Waals surface area contributed by atoms with Crippen LogP contribution in [0.5, 0.6) is 23.1 Å². The zero-order chi connectivity index (χ0) is 20.1. The fraction of sp³-hybridized carbons (Fsp3) is 0.450. The van der Waals surface area contributed by atoms with Gasteiger partial charge >= 0.3 is 0 Å². The Morgan fingerprint density at radius 2 is 1.75 bits per heavy atom. The number of aryl methyl sites for hydroxylation is 1. The van der Waals surface area contributed by atoms with E-state index >= 15 is 0 Å². The Labute approximate surface area is 164 Å². The first-order valence-electron chi connectivity index (χ1n) is 9.12. The van der Waals surface area contributed by atoms with E-state index in [2.05, 4.69) is 9.97 Å². The molecule has 1 amide bonds. The van der Waals surface area contributed by atoms with Gasteiger partial charge in [0.2, 0.25) is 11.6 Å². The van der Waals surface area contributed by atoms with Gasteiger partial charge in [-0.3, -0.25) is 4.79 Å². The molecule has 2 aromatic rings. The molecule has 0 saturated carbocycles. The Bertz CT molecular complexity index is 835. The van der Waals surface area contributed by atoms with Crippen molar-refractivity contribution in [3.8, 4) is 23.1 Å². The summed E-state index contributed by atoms with van der Waals surface area (Å²) in [6, 6.07) is 5.16. The molecule has 0 spiro atoms. The number of hydrogen-bond acceptors (Lipinski definition) is 7. The highest BCUT2D eigenvalue weighted by molar-refractivity contribution is 5.98. The molecule has 1 fully saturated rings. The van der Waals surface area contributed by atoms with Gasteiger partial charge in [-0.25, -0.2) is 4.98 Å². The molecule has 1 aromatic carbocycles. The summed E-state index contributed by atoms with van der Waals surface area (Å²) in [6.45, 7) is 3.00. The first kappa shape index (κ1) is 19.7. The third-order valence-corrected chi connectivity index (χ3v) is 4.70. The van der Waals surface area contributed by atoms with Crippen LogP contribution < -0.4 is 18.9 Å². The molecule has 1 saturated heterocycles. The van der Waals surface area contributed by atoms with E-state index in [1.807, 2.05) is 6.92 Å². The summed E-state index contributed by atoms with van der Waals surface area (Å²) >= 11 is 0. The molecule has 28 heavy (non-hydrogen) atoms. The van der Waals surface area contributed by atoms with Gasteiger partial charge in [-0.1, -0.05) is 0 Å². The van der Waals surface area contributed by atoms with Crippen LogP contribution in [-0.4, -0.2) is 61.3 Å². The molecule has 3 rings (SSSR count). The molecule has 2 heterocycles. The van der Waals surface area contributed by atoms with Crippen molar-refractivity contribution >= 4 is 5.91 Å². The lowest BCUT2D eigenvalue weighted by atomic mass is 10.1. The fourth-order valence-electron chi connectivity index (χ4n) is 3.29. The molecule has 0 bridgehead atoms. The minimum Gasteiger partial charge on any atom is -0.493 e. The number of amides is 1. The smallest absolute Gasteiger partial charge is 0.257 e. The van der Waals surface area contributed by atoms with E-state index < -0.39 is 0 Å². The van der Waals surface area contributed by atoms with E-state index in [4.69, 9.17) is 18.9 Å². The monoisotopic (exact) mass is 387 g/mol. The van der Waals surface area contributed by atoms with Crippen LogP contribution in [0.15, 0.2) is 24.4 Å². The first-order chi connectivity index (χ1) is 13.6. The maximum Gasteiger partial charge on any atom is 0.257 e. The Balaban J connectivity index is 1.68. The Kier molecular flexibility index (Phi) is 6.18. The molecular weight excluding hydrogens is 362 g/mol. The van der Waals surface area contributed by atoms with E-state index in [1.165, 1.54) is 14.2 Å². The fourth-order valence-corrected chi connectivity index (χ4v) is 3.29. The van der Waals surface area contributed by atoms with Crippen LogP contribution in [0.2, 0.25) is 0 Å². The van der Waals surface area contributed by atoms with Gasteiger partial charge in [0.1, 0.15) is 11.9 Å². The highest BCUT2D eigenvalue weighted by Gasteiger charge is 2.28. The molecule has 0 atom stereocenters. The van der Waals surface area contributed by atoms with Crippen molar-refractivity contribution < 1.29 is 23.7 Å². The summed E-state index contributed by atoms with van der Waals surface area (Å²) in [6.07, 6.45) is 3.15. The normalized spacial score (nSPS) is 14.5. The number of likely N-dealkylation sites (tertiary alicyclic amines) is 1. The molecule has 150 valence electrons. The number of rotatable bonds is 6. The second-order valence-electron chi connectivity index (χ2n) is 6.43. The molecule has 0 N–H and O–H groups in total. The molecule has 1 aromatic heterocycles. The largest absolute Gasteiger partial charge is 0.493 e. The first-order valence-corrected chi connectivity index (χ1v) is 9.12. The van der Waals surface area contributed by atoms with Crippen LogP contribution in [0, 0.1) is 6.92 Å². The number of hydrogen-bond donors (Lipinski definition) is 0. The highest BCUT2D eigenvalue weighted by Crippen LogP contribution is 2.40. The van der Waals surface area contributed by atoms with Crippen LogP contribution in [0.1, 0.15) is 29.0 Å². The van der Waals surface area contributed by atoms with Crippen molar-refractivity contribution in [2.24, 2.45) is 0 Å². The molecular formula is C20H25N3O5. The molecule has 1 aliphatic rings. The molecule has 0 radical (unpaired) electrons. The number of carbonyl (C=O) groups is 1. The number of methoxy groups -OCH3 is 3. The van der Waals surface area contributed by atoms with Gasteiger partial charge < -0.3 is 23.8 Å². The summed E-state index contributed by atoms with van der Waals surface area (Å²) in [5.41, 5.74) is 0.450. The molecule has 8 heteroatoms. The van der Waals surface area contributed by atoms with E-state index in [9.17, 15) is 4.79 Å². The van der Waals surface area contributed by atoms with Gasteiger partial charge in [-0.15, -0.1) is 0 Å². The van der Waals surface area contributed by atoms with Crippen molar-refractivity contribution in [1.82, 2.24) is 14.9 Å². The summed E-state index contributed by atoms with van der Waals surface area (Å²) < 4.78 is 22.0. The standard InChI is InChI=1S/C20H25N3O5/c1-13-21-10-7-17(22-13)28-14-8-11-23(12-9-14)20(24)15-5-6-16(25-2)19(27-4)18(15)26-3/h5-7,10,14H,8-9,11-12H2,1-4H3. The van der Waals surface area contributed by atoms with Gasteiger partial charge in [-0.05, 0) is 19.1 Å². The summed E-state index contributed by atoms with van der Waals surface area (Å²) in [5.74, 6) is 2.44. The van der Waals surface area contributed by atoms with Gasteiger partial charge in [0, 0.05) is 38.2 Å². The van der Waals surface area contributed by atoms with Gasteiger partial charge in [-0.2, -0.15) is 4.98 Å². The topological polar surface area (TPSA) is 83.0 Å². The lowest BCUT2D eigenvalue weighted by Crippen LogP contribution is -2.42. The van der Waals surface area contributed by atoms with Crippen LogP contribution in [-0.2, 0) is 0 Å². The Hall–Kier alpha value is -3.03. The third-order valence-electron chi connectivity index (χ3n) is 4.70. The second kappa shape index (κ2) is 8.77. The number of aromatic nitrogens is 2. The molecule has 1 aliphatic heterocycles. The SMILES string of the molecule is COc1ccc(C(=O)N2CCC(Oc3ccnc(C)n3)CC2)c(OC)c1OC. The summed E-state index contributed by atoms with van der Waals surface area (Å²) in [7, 11) is 4.58. The summed E-state index contributed by atoms with van der Waals surface area (Å²) in [5, 5.41) is 0. The van der Waals surface area contributed by atoms with E-state index in [1.54, 1.807) is 36.4 Å². The quantitative estimate of drug-likeness (QED) is 0.753. The average molecular weight is 387 g/mol. The maximum atomic E-state index is 13.0. The average Bonchev–Trinajstić information content (AvgIpc) is 2.72. The maximum absolute atomic E-state index is 13.0. The molecule has 8 nitrogen and oxygen atoms in total. The van der Waals surface area contributed by atoms with Crippen LogP contribution in [0.3, 0.4) is 0 Å². The minimum atomic E-state index is -0.103. The van der Waals surface area contributed by atoms with Crippen molar-refractivity contribution in [2.75, 3.05) is 34.4 Å². The number of benzene rings is 1. The Morgan fingerprint density at radius 1 is 1.04 bits per heavy atom. The zero-order valence-corrected chi connectivity index (χ0v) is 16.6. The third kappa shape index (κ3) is 4.11. The van der Waals surface area contributed by atoms with Crippen molar-refractivity contribution in [1.29, 1.82) is 0 Å². The lowest BCUT2D eigenvalue weighted by molar-refractivity contribution is 0.0584. The second-order valence-corrected chi connectivity index (χ2v) is 6.43. The predicted molar refractivity (Wildman–Crippen MR) is 102 cm³/mol. The van der Waals surface area contributed by atoms with Gasteiger partial charge in [0.15, 0.2) is 11.5 Å². The van der Waals surface area contributed by atoms with Gasteiger partial charge in [0.05, 0.1) is 26.9 Å². The van der Waals surface area contributed by atoms with Crippen LogP contribution in [0.25, 0.3) is 0 Å². The van der Waals surface area contributed by atoms with Crippen molar-refractivity contribution in [3.63, 3.8) is 0 Å². The van der Waals surface area contributed by atoms with Gasteiger partial charge in [0.25, 0.3) is 5.91 Å². The minimum absolute atomic E-state index is 0.0191. The number of ether oxygens (including phenoxy) is 4. The molecule has 0 unspecified atom stereocenters. The Morgan fingerprint density at radius 3 is 2.36 bits per heavy atom. The number of carbonyl (C=O) groups excluding carboxylic acids is 1. The lowest BCUT2D eigenvalue weighted by Gasteiger charge is -2.32. The number of nitrogens with zero attached hydrogens (tertiary/aromatic N) is 3. The van der Waals surface area contributed by atoms with Crippen LogP contribution in [0.4, 0.5) is 0 Å². The van der Waals surface area contributed by atoms with Crippen molar-refractivity contribution in [3.05, 3.63) is 35.8 Å². The summed E-state index contributed by atoms with van der Waals surface area (Å²) in [4.78, 5) is 23.2. The van der Waals surface area contributed by atoms with Crippen LogP contribution >= 0.6 is 0 Å². The number of piperidine rings is 1. The van der Waals surface area contributed by atoms with Crippen molar-refractivity contribution in [2.45, 2.75) is 25.9 Å². The van der Waals surface area contributed by atoms with E-state index in [0.717, 1.165) is 12.8 Å².